The molecule has 51 heavy (non-hydrogen) atoms. The summed E-state index contributed by atoms with van der Waals surface area (Å²) in [7, 11) is 1.34. The molecule has 0 spiro atoms. The number of phenolic OH excluding ortho intramolecular Hbond substituents is 1. The molecule has 0 bridgehead atoms. The molecule has 1 aromatic carbocycles. The van der Waals surface area contributed by atoms with Gasteiger partial charge in [-0.2, -0.15) is 0 Å². The Hall–Kier alpha value is -4.36. The number of alkyl carbamates (subject to hydrolysis) is 1. The Balaban J connectivity index is 2.03. The van der Waals surface area contributed by atoms with Gasteiger partial charge in [0.1, 0.15) is 29.5 Å². The molecular weight excluding hydrogens is 658 g/mol. The molecule has 0 aromatic heterocycles. The van der Waals surface area contributed by atoms with Crippen LogP contribution in [0.3, 0.4) is 0 Å². The van der Waals surface area contributed by atoms with Gasteiger partial charge >= 0.3 is 12.1 Å². The highest BCUT2D eigenvalue weighted by atomic mass is 16.6. The number of esters is 1. The molecule has 2 rings (SSSR count). The van der Waals surface area contributed by atoms with Crippen molar-refractivity contribution in [3.63, 3.8) is 0 Å². The van der Waals surface area contributed by atoms with Crippen LogP contribution in [0.15, 0.2) is 12.1 Å². The van der Waals surface area contributed by atoms with Crippen LogP contribution in [0, 0.1) is 19.8 Å². The first-order valence-corrected chi connectivity index (χ1v) is 17.9. The van der Waals surface area contributed by atoms with Gasteiger partial charge in [0.05, 0.1) is 13.7 Å². The van der Waals surface area contributed by atoms with Crippen molar-refractivity contribution >= 4 is 35.7 Å². The van der Waals surface area contributed by atoms with Crippen LogP contribution in [0.25, 0.3) is 0 Å². The van der Waals surface area contributed by atoms with Gasteiger partial charge in [-0.05, 0) is 95.5 Å². The van der Waals surface area contributed by atoms with E-state index in [0.29, 0.717) is 54.2 Å². The van der Waals surface area contributed by atoms with Gasteiger partial charge in [-0.3, -0.25) is 24.0 Å². The highest BCUT2D eigenvalue weighted by Crippen LogP contribution is 2.27. The minimum atomic E-state index is -1.40. The van der Waals surface area contributed by atoms with E-state index in [0.717, 1.165) is 38.5 Å². The Kier molecular flexibility index (Phi) is 17.0. The lowest BCUT2D eigenvalue weighted by Gasteiger charge is -2.27. The third-order valence-corrected chi connectivity index (χ3v) is 8.74. The smallest absolute Gasteiger partial charge is 0.408 e. The van der Waals surface area contributed by atoms with Crippen LogP contribution in [0.4, 0.5) is 4.79 Å². The minimum absolute atomic E-state index is 0.0361. The Morgan fingerprint density at radius 3 is 2.16 bits per heavy atom. The molecule has 14 nitrogen and oxygen atoms in total. The number of aromatic hydroxyl groups is 1. The number of unbranched alkanes of at least 4 members (excludes halogenated alkanes) is 2. The molecule has 14 heteroatoms. The molecular formula is C37H59N5O9. The fourth-order valence-corrected chi connectivity index (χ4v) is 6.03. The molecule has 286 valence electrons. The van der Waals surface area contributed by atoms with E-state index in [4.69, 9.17) is 6.15 Å². The van der Waals surface area contributed by atoms with Crippen LogP contribution in [-0.4, -0.2) is 84.7 Å². The van der Waals surface area contributed by atoms with Gasteiger partial charge in [0, 0.05) is 19.4 Å². The monoisotopic (exact) mass is 718 g/mol. The number of hydrogen-bond acceptors (Lipinski definition) is 9. The number of ether oxygens (including phenoxy) is 2. The number of carbonyl (C=O) groups excluding carboxylic acids is 6. The SMILES string of the molecule is [2H]N(C(=O)OC(C)(C)C)[C@@H](Cc1c(C)cc(O)cc1C)C(=O)N[C@@H](C)C(=O)NCC(=O)N[C@@H](CC1CCCCC1)C(=O)NCCCCCC(=O)OC. The second-order valence-electron chi connectivity index (χ2n) is 14.4. The second kappa shape index (κ2) is 21.1. The highest BCUT2D eigenvalue weighted by Gasteiger charge is 2.29. The van der Waals surface area contributed by atoms with Crippen molar-refractivity contribution in [3.05, 3.63) is 28.8 Å². The fourth-order valence-electron chi connectivity index (χ4n) is 6.03. The molecule has 1 aromatic rings. The Bertz CT molecular complexity index is 1370. The molecule has 6 N–H and O–H groups in total. The average molecular weight is 719 g/mol. The van der Waals surface area contributed by atoms with Crippen LogP contribution in [0.1, 0.15) is 109 Å². The maximum atomic E-state index is 13.5. The standard InChI is InChI=1S/C37H59N5O9/c1-23-18-27(43)19-24(2)28(23)21-30(42-36(49)51-37(4,5)6)35(48)40-25(3)33(46)39-22-31(44)41-29(20-26-14-10-8-11-15-26)34(47)38-17-13-9-12-16-32(45)50-7/h18-19,25-26,29-30,43H,8-17,20-22H2,1-7H3,(H,38,47)(H,39,46)(H,40,48)(H,41,44)(H,42,49)/t25-,29-,30-/m0/s1/i/hD. The van der Waals surface area contributed by atoms with Gasteiger partial charge in [-0.25, -0.2) is 4.79 Å². The zero-order valence-corrected chi connectivity index (χ0v) is 31.3. The number of nitrogens with one attached hydrogen (secondary N) is 5. The zero-order valence-electron chi connectivity index (χ0n) is 32.3. The van der Waals surface area contributed by atoms with Gasteiger partial charge in [-0.15, -0.1) is 0 Å². The lowest BCUT2D eigenvalue weighted by Crippen LogP contribution is -2.55. The van der Waals surface area contributed by atoms with Crippen LogP contribution in [0.5, 0.6) is 5.75 Å². The number of benzene rings is 1. The third kappa shape index (κ3) is 16.5. The first-order chi connectivity index (χ1) is 24.4. The predicted molar refractivity (Wildman–Crippen MR) is 192 cm³/mol. The van der Waals surface area contributed by atoms with Crippen LogP contribution in [-0.2, 0) is 39.9 Å². The van der Waals surface area contributed by atoms with Crippen LogP contribution in [0.2, 0.25) is 1.41 Å². The Morgan fingerprint density at radius 2 is 1.55 bits per heavy atom. The molecule has 3 atom stereocenters. The van der Waals surface area contributed by atoms with Crippen molar-refractivity contribution in [1.82, 2.24) is 26.6 Å². The largest absolute Gasteiger partial charge is 0.508 e. The summed E-state index contributed by atoms with van der Waals surface area (Å²) in [6.07, 6.45) is 6.89. The summed E-state index contributed by atoms with van der Waals surface area (Å²) in [5.74, 6) is -2.32. The van der Waals surface area contributed by atoms with E-state index in [1.165, 1.54) is 26.2 Å². The van der Waals surface area contributed by atoms with Gasteiger partial charge in [0.2, 0.25) is 23.6 Å². The van der Waals surface area contributed by atoms with Crippen molar-refractivity contribution < 1.29 is 44.8 Å². The molecule has 0 radical (unpaired) electrons. The summed E-state index contributed by atoms with van der Waals surface area (Å²) in [6.45, 7) is 9.72. The van der Waals surface area contributed by atoms with Gasteiger partial charge in [0.15, 0.2) is 1.41 Å². The number of aryl methyl sites for hydroxylation is 2. The maximum absolute atomic E-state index is 13.5. The first kappa shape index (κ1) is 41.1. The number of phenols is 1. The maximum Gasteiger partial charge on any atom is 0.408 e. The number of carbonyl (C=O) groups is 6. The van der Waals surface area contributed by atoms with Gasteiger partial charge < -0.3 is 41.2 Å². The summed E-state index contributed by atoms with van der Waals surface area (Å²) in [5.41, 5.74) is 1.00. The second-order valence-corrected chi connectivity index (χ2v) is 14.4. The van der Waals surface area contributed by atoms with E-state index in [9.17, 15) is 33.9 Å². The summed E-state index contributed by atoms with van der Waals surface area (Å²) < 4.78 is 18.5. The first-order valence-electron chi connectivity index (χ1n) is 18.4. The van der Waals surface area contributed by atoms with Crippen molar-refractivity contribution in [2.24, 2.45) is 5.92 Å². The van der Waals surface area contributed by atoms with Crippen LogP contribution < -0.4 is 26.6 Å². The third-order valence-electron chi connectivity index (χ3n) is 8.74. The lowest BCUT2D eigenvalue weighted by atomic mass is 9.84. The molecule has 0 saturated heterocycles. The van der Waals surface area contributed by atoms with Crippen molar-refractivity contribution in [3.8, 4) is 5.75 Å². The number of rotatable bonds is 18. The van der Waals surface area contributed by atoms with E-state index in [1.807, 2.05) is 0 Å². The molecule has 0 unspecified atom stereocenters. The molecule has 5 amide bonds. The quantitative estimate of drug-likeness (QED) is 0.0973. The van der Waals surface area contributed by atoms with Crippen LogP contribution >= 0.6 is 0 Å². The van der Waals surface area contributed by atoms with Crippen molar-refractivity contribution in [2.45, 2.75) is 136 Å². The fraction of sp³-hybridized carbons (Fsp3) is 0.676. The Morgan fingerprint density at radius 1 is 0.902 bits per heavy atom. The molecule has 1 saturated carbocycles. The summed E-state index contributed by atoms with van der Waals surface area (Å²) in [4.78, 5) is 76.9. The Labute approximate surface area is 303 Å². The zero-order chi connectivity index (χ0) is 39.0. The van der Waals surface area contributed by atoms with E-state index in [-0.39, 0.29) is 30.0 Å². The van der Waals surface area contributed by atoms with Crippen molar-refractivity contribution in [2.75, 3.05) is 20.2 Å². The normalized spacial score (nSPS) is 15.3. The lowest BCUT2D eigenvalue weighted by molar-refractivity contribution is -0.140. The molecule has 1 aliphatic rings. The molecule has 1 aliphatic carbocycles. The minimum Gasteiger partial charge on any atom is -0.508 e. The summed E-state index contributed by atoms with van der Waals surface area (Å²) >= 11 is 0. The summed E-state index contributed by atoms with van der Waals surface area (Å²) in [6, 6.07) is -0.318. The molecule has 0 aliphatic heterocycles. The summed E-state index contributed by atoms with van der Waals surface area (Å²) in [5, 5.41) is 21.1. The number of hydrogen-bond donors (Lipinski definition) is 6. The van der Waals surface area contributed by atoms with E-state index in [1.54, 1.807) is 34.6 Å². The topological polar surface area (TPSA) is 201 Å². The molecule has 0 heterocycles. The number of methoxy groups -OCH3 is 1. The van der Waals surface area contributed by atoms with E-state index < -0.39 is 54.1 Å². The molecule has 1 fully saturated rings. The van der Waals surface area contributed by atoms with E-state index >= 15 is 0 Å². The predicted octanol–water partition coefficient (Wildman–Crippen LogP) is 3.37. The van der Waals surface area contributed by atoms with Crippen molar-refractivity contribution in [1.29, 1.82) is 0 Å². The average Bonchev–Trinajstić information content (AvgIpc) is 3.07. The highest BCUT2D eigenvalue weighted by molar-refractivity contribution is 5.94. The van der Waals surface area contributed by atoms with Gasteiger partial charge in [-0.1, -0.05) is 38.5 Å². The van der Waals surface area contributed by atoms with Gasteiger partial charge in [0.25, 0.3) is 0 Å². The van der Waals surface area contributed by atoms with E-state index in [2.05, 4.69) is 26.0 Å². The number of amides is 5.